The minimum atomic E-state index is -1.14. The van der Waals surface area contributed by atoms with Crippen LogP contribution in [-0.4, -0.2) is 36.1 Å². The van der Waals surface area contributed by atoms with Gasteiger partial charge in [-0.05, 0) is 36.6 Å². The predicted molar refractivity (Wildman–Crippen MR) is 112 cm³/mol. The lowest BCUT2D eigenvalue weighted by Gasteiger charge is -2.27. The summed E-state index contributed by atoms with van der Waals surface area (Å²) in [7, 11) is 0. The maximum Gasteiger partial charge on any atom is 0.325 e. The second-order valence-electron chi connectivity index (χ2n) is 7.74. The number of rotatable bonds is 7. The smallest absolute Gasteiger partial charge is 0.325 e. The Labute approximate surface area is 180 Å². The highest BCUT2D eigenvalue weighted by Crippen LogP contribution is 2.35. The van der Waals surface area contributed by atoms with Crippen LogP contribution >= 0.6 is 0 Å². The molecule has 8 nitrogen and oxygen atoms in total. The largest absolute Gasteiger partial charge is 0.454 e. The molecule has 0 bridgehead atoms. The van der Waals surface area contributed by atoms with E-state index in [1.165, 1.54) is 0 Å². The Kier molecular flexibility index (Phi) is 5.54. The van der Waals surface area contributed by atoms with Crippen molar-refractivity contribution in [1.29, 1.82) is 0 Å². The van der Waals surface area contributed by atoms with Gasteiger partial charge in [-0.1, -0.05) is 49.7 Å². The van der Waals surface area contributed by atoms with E-state index in [1.54, 1.807) is 6.07 Å². The van der Waals surface area contributed by atoms with Gasteiger partial charge in [-0.15, -0.1) is 0 Å². The normalized spacial score (nSPS) is 20.5. The van der Waals surface area contributed by atoms with Crippen LogP contribution in [0.15, 0.2) is 48.5 Å². The monoisotopic (exact) mass is 423 g/mol. The molecule has 2 aliphatic rings. The highest BCUT2D eigenvalue weighted by molar-refractivity contribution is 6.09. The van der Waals surface area contributed by atoms with Gasteiger partial charge in [0.05, 0.1) is 6.04 Å². The molecular formula is C23H25N3O5. The van der Waals surface area contributed by atoms with E-state index in [4.69, 9.17) is 9.47 Å². The Balaban J connectivity index is 1.46. The van der Waals surface area contributed by atoms with E-state index < -0.39 is 23.4 Å². The molecule has 0 aromatic heterocycles. The summed E-state index contributed by atoms with van der Waals surface area (Å²) in [6.07, 6.45) is 1.15. The lowest BCUT2D eigenvalue weighted by Crippen LogP contribution is -2.45. The number of nitrogens with zero attached hydrogens (tertiary/aromatic N) is 1. The average Bonchev–Trinajstić information content (AvgIpc) is 3.33. The van der Waals surface area contributed by atoms with Crippen LogP contribution in [0, 0.1) is 0 Å². The van der Waals surface area contributed by atoms with Crippen LogP contribution in [0.2, 0.25) is 0 Å². The van der Waals surface area contributed by atoms with Gasteiger partial charge >= 0.3 is 6.03 Å². The molecule has 0 saturated carbocycles. The SMILES string of the molecule is CCC[C@]1(c2ccccc2)NC(=O)N(CC(=O)N[C@@H](C)c2ccc3c(c2)OCO3)C1=O. The molecule has 4 amide bonds. The minimum Gasteiger partial charge on any atom is -0.454 e. The zero-order valence-corrected chi connectivity index (χ0v) is 17.5. The fourth-order valence-electron chi connectivity index (χ4n) is 4.07. The summed E-state index contributed by atoms with van der Waals surface area (Å²) < 4.78 is 10.7. The Hall–Kier alpha value is -3.55. The number of carbonyl (C=O) groups excluding carboxylic acids is 3. The lowest BCUT2D eigenvalue weighted by molar-refractivity contribution is -0.135. The highest BCUT2D eigenvalue weighted by Gasteiger charge is 2.52. The van der Waals surface area contributed by atoms with Crippen LogP contribution in [0.25, 0.3) is 0 Å². The van der Waals surface area contributed by atoms with Gasteiger partial charge in [0.15, 0.2) is 11.5 Å². The van der Waals surface area contributed by atoms with Crippen LogP contribution in [0.4, 0.5) is 4.79 Å². The maximum atomic E-state index is 13.3. The standard InChI is InChI=1S/C23H25N3O5/c1-3-11-23(17-7-5-4-6-8-17)21(28)26(22(29)25-23)13-20(27)24-15(2)16-9-10-18-19(12-16)31-14-30-18/h4-10,12,15H,3,11,13-14H2,1-2H3,(H,24,27)(H,25,29)/t15-,23+/m0/s1. The number of benzene rings is 2. The maximum absolute atomic E-state index is 13.3. The molecule has 2 aromatic carbocycles. The van der Waals surface area contributed by atoms with Gasteiger partial charge in [0.25, 0.3) is 5.91 Å². The van der Waals surface area contributed by atoms with Crippen molar-refractivity contribution in [1.82, 2.24) is 15.5 Å². The number of nitrogens with one attached hydrogen (secondary N) is 2. The average molecular weight is 423 g/mol. The first-order valence-electron chi connectivity index (χ1n) is 10.3. The van der Waals surface area contributed by atoms with Gasteiger partial charge in [-0.25, -0.2) is 4.79 Å². The number of hydrogen-bond donors (Lipinski definition) is 2. The molecule has 0 aliphatic carbocycles. The number of amides is 4. The summed E-state index contributed by atoms with van der Waals surface area (Å²) >= 11 is 0. The molecule has 1 saturated heterocycles. The van der Waals surface area contributed by atoms with E-state index in [0.29, 0.717) is 29.9 Å². The van der Waals surface area contributed by atoms with Crippen LogP contribution in [0.5, 0.6) is 11.5 Å². The Morgan fingerprint density at radius 1 is 1.16 bits per heavy atom. The third-order valence-electron chi connectivity index (χ3n) is 5.64. The molecular weight excluding hydrogens is 398 g/mol. The summed E-state index contributed by atoms with van der Waals surface area (Å²) in [5.74, 6) is 0.458. The van der Waals surface area contributed by atoms with Crippen molar-refractivity contribution in [3.63, 3.8) is 0 Å². The summed E-state index contributed by atoms with van der Waals surface area (Å²) in [6, 6.07) is 13.7. The molecule has 2 atom stereocenters. The molecule has 1 fully saturated rings. The molecule has 0 unspecified atom stereocenters. The van der Waals surface area contributed by atoms with E-state index >= 15 is 0 Å². The number of imide groups is 1. The van der Waals surface area contributed by atoms with Crippen molar-refractivity contribution >= 4 is 17.8 Å². The van der Waals surface area contributed by atoms with E-state index in [-0.39, 0.29) is 19.4 Å². The molecule has 162 valence electrons. The second kappa shape index (κ2) is 8.29. The quantitative estimate of drug-likeness (QED) is 0.668. The molecule has 2 heterocycles. The number of urea groups is 1. The molecule has 0 radical (unpaired) electrons. The zero-order chi connectivity index (χ0) is 22.0. The van der Waals surface area contributed by atoms with Crippen LogP contribution in [-0.2, 0) is 15.1 Å². The zero-order valence-electron chi connectivity index (χ0n) is 17.5. The highest BCUT2D eigenvalue weighted by atomic mass is 16.7. The van der Waals surface area contributed by atoms with E-state index in [1.807, 2.05) is 56.3 Å². The van der Waals surface area contributed by atoms with Crippen molar-refractivity contribution in [2.24, 2.45) is 0 Å². The van der Waals surface area contributed by atoms with Crippen molar-refractivity contribution in [3.8, 4) is 11.5 Å². The van der Waals surface area contributed by atoms with Gasteiger partial charge in [-0.3, -0.25) is 14.5 Å². The second-order valence-corrected chi connectivity index (χ2v) is 7.74. The number of fused-ring (bicyclic) bond motifs is 1. The molecule has 2 aliphatic heterocycles. The van der Waals surface area contributed by atoms with Crippen LogP contribution in [0.3, 0.4) is 0 Å². The van der Waals surface area contributed by atoms with E-state index in [2.05, 4.69) is 10.6 Å². The topological polar surface area (TPSA) is 97.0 Å². The third-order valence-corrected chi connectivity index (χ3v) is 5.64. The van der Waals surface area contributed by atoms with E-state index in [0.717, 1.165) is 10.5 Å². The number of carbonyl (C=O) groups is 3. The molecule has 4 rings (SSSR count). The van der Waals surface area contributed by atoms with Gasteiger partial charge < -0.3 is 20.1 Å². The molecule has 2 aromatic rings. The first-order chi connectivity index (χ1) is 14.9. The molecule has 2 N–H and O–H groups in total. The Morgan fingerprint density at radius 3 is 2.65 bits per heavy atom. The minimum absolute atomic E-state index is 0.173. The van der Waals surface area contributed by atoms with Crippen molar-refractivity contribution in [2.75, 3.05) is 13.3 Å². The predicted octanol–water partition coefficient (Wildman–Crippen LogP) is 2.84. The van der Waals surface area contributed by atoms with E-state index in [9.17, 15) is 14.4 Å². The van der Waals surface area contributed by atoms with Crippen molar-refractivity contribution in [3.05, 3.63) is 59.7 Å². The van der Waals surface area contributed by atoms with Crippen molar-refractivity contribution in [2.45, 2.75) is 38.3 Å². The van der Waals surface area contributed by atoms with Gasteiger partial charge in [0, 0.05) is 0 Å². The lowest BCUT2D eigenvalue weighted by atomic mass is 9.85. The van der Waals surface area contributed by atoms with Crippen LogP contribution < -0.4 is 20.1 Å². The Bertz CT molecular complexity index is 1010. The fourth-order valence-corrected chi connectivity index (χ4v) is 4.07. The number of ether oxygens (including phenoxy) is 2. The van der Waals surface area contributed by atoms with Crippen LogP contribution in [0.1, 0.15) is 43.9 Å². The van der Waals surface area contributed by atoms with Gasteiger partial charge in [0.1, 0.15) is 12.1 Å². The summed E-state index contributed by atoms with van der Waals surface area (Å²) in [6.45, 7) is 3.60. The van der Waals surface area contributed by atoms with Crippen molar-refractivity contribution < 1.29 is 23.9 Å². The van der Waals surface area contributed by atoms with Gasteiger partial charge in [0.2, 0.25) is 12.7 Å². The van der Waals surface area contributed by atoms with Gasteiger partial charge in [-0.2, -0.15) is 0 Å². The number of hydrogen-bond acceptors (Lipinski definition) is 5. The molecule has 8 heteroatoms. The third kappa shape index (κ3) is 3.81. The first-order valence-corrected chi connectivity index (χ1v) is 10.3. The first kappa shape index (κ1) is 20.7. The molecule has 31 heavy (non-hydrogen) atoms. The molecule has 0 spiro atoms. The summed E-state index contributed by atoms with van der Waals surface area (Å²) in [4.78, 5) is 39.6. The fraction of sp³-hybridized carbons (Fsp3) is 0.348. The summed E-state index contributed by atoms with van der Waals surface area (Å²) in [5, 5.41) is 5.68. The summed E-state index contributed by atoms with van der Waals surface area (Å²) in [5.41, 5.74) is 0.405. The Morgan fingerprint density at radius 2 is 1.90 bits per heavy atom.